The Morgan fingerprint density at radius 3 is 2.43 bits per heavy atom. The highest BCUT2D eigenvalue weighted by Crippen LogP contribution is 2.63. The van der Waals surface area contributed by atoms with Gasteiger partial charge < -0.3 is 30.6 Å². The first kappa shape index (κ1) is 42.7. The number of hydrogen-bond donors (Lipinski definition) is 3. The van der Waals surface area contributed by atoms with Crippen molar-refractivity contribution in [3.8, 4) is 16.9 Å². The van der Waals surface area contributed by atoms with Gasteiger partial charge in [0, 0.05) is 55.2 Å². The molecule has 312 valence electrons. The molecule has 0 unspecified atom stereocenters. The second-order valence-corrected chi connectivity index (χ2v) is 17.2. The Labute approximate surface area is 342 Å². The van der Waals surface area contributed by atoms with Crippen molar-refractivity contribution in [2.75, 3.05) is 39.8 Å². The number of ether oxygens (including phenoxy) is 2. The molecule has 4 N–H and O–H groups in total. The average molecular weight is 797 g/mol. The maximum absolute atomic E-state index is 14.5. The summed E-state index contributed by atoms with van der Waals surface area (Å²) in [7, 11) is 6.67. The minimum Gasteiger partial charge on any atom is -0.496 e. The Bertz CT molecular complexity index is 1970. The van der Waals surface area contributed by atoms with Crippen LogP contribution >= 0.6 is 0 Å². The Hall–Kier alpha value is -4.85. The molecule has 13 nitrogen and oxygen atoms in total. The summed E-state index contributed by atoms with van der Waals surface area (Å²) < 4.78 is 11.2. The van der Waals surface area contributed by atoms with Crippen LogP contribution in [0.5, 0.6) is 5.75 Å². The molecule has 4 aliphatic rings. The first-order valence-electron chi connectivity index (χ1n) is 20.3. The molecule has 7 rings (SSSR count). The molecule has 3 saturated carbocycles. The monoisotopic (exact) mass is 796 g/mol. The van der Waals surface area contributed by atoms with E-state index in [1.54, 1.807) is 31.2 Å². The lowest BCUT2D eigenvalue weighted by molar-refractivity contribution is -0.175. The van der Waals surface area contributed by atoms with Gasteiger partial charge in [-0.1, -0.05) is 74.5 Å². The first-order valence-corrected chi connectivity index (χ1v) is 20.3. The highest BCUT2D eigenvalue weighted by Gasteiger charge is 2.57. The fraction of sp³-hybridized carbons (Fsp3) is 0.533. The van der Waals surface area contributed by atoms with E-state index in [0.29, 0.717) is 52.0 Å². The van der Waals surface area contributed by atoms with Crippen LogP contribution in [0.2, 0.25) is 0 Å². The van der Waals surface area contributed by atoms with Crippen LogP contribution in [-0.2, 0) is 32.1 Å². The number of nitrogens with zero attached hydrogens (tertiary/aromatic N) is 4. The van der Waals surface area contributed by atoms with Gasteiger partial charge >= 0.3 is 5.97 Å². The normalized spacial score (nSPS) is 26.1. The Kier molecular flexibility index (Phi) is 13.2. The van der Waals surface area contributed by atoms with Crippen LogP contribution in [0.15, 0.2) is 77.1 Å². The van der Waals surface area contributed by atoms with E-state index in [9.17, 15) is 19.5 Å². The van der Waals surface area contributed by atoms with Crippen LogP contribution in [0, 0.1) is 35.0 Å². The van der Waals surface area contributed by atoms with Gasteiger partial charge in [0.1, 0.15) is 23.9 Å². The highest BCUT2D eigenvalue weighted by molar-refractivity contribution is 5.99. The fourth-order valence-corrected chi connectivity index (χ4v) is 9.91. The number of para-hydroxylation sites is 1. The number of carbonyl (C=O) groups is 3. The van der Waals surface area contributed by atoms with E-state index in [1.807, 2.05) is 73.6 Å². The Morgan fingerprint density at radius 1 is 1.07 bits per heavy atom. The smallest absolute Gasteiger partial charge is 0.328 e. The third-order valence-electron chi connectivity index (χ3n) is 13.3. The van der Waals surface area contributed by atoms with E-state index < -0.39 is 42.1 Å². The van der Waals surface area contributed by atoms with Crippen molar-refractivity contribution in [1.29, 1.82) is 0 Å². The van der Waals surface area contributed by atoms with Crippen LogP contribution in [0.1, 0.15) is 68.4 Å². The molecule has 1 amide bonds. The average Bonchev–Trinajstić information content (AvgIpc) is 3.58. The summed E-state index contributed by atoms with van der Waals surface area (Å²) in [6, 6.07) is 19.0. The number of benzene rings is 3. The number of nitrogens with two attached hydrogens (primary N) is 1. The number of methoxy groups -OCH3 is 2. The molecule has 58 heavy (non-hydrogen) atoms. The topological polar surface area (TPSA) is 168 Å². The van der Waals surface area contributed by atoms with Gasteiger partial charge in [0.05, 0.1) is 33.4 Å². The van der Waals surface area contributed by atoms with E-state index >= 15 is 0 Å². The number of anilines is 1. The van der Waals surface area contributed by atoms with Crippen molar-refractivity contribution in [3.05, 3.63) is 83.4 Å². The van der Waals surface area contributed by atoms with Crippen LogP contribution in [0.3, 0.4) is 0 Å². The largest absolute Gasteiger partial charge is 0.496 e. The van der Waals surface area contributed by atoms with Crippen LogP contribution in [0.25, 0.3) is 11.1 Å². The summed E-state index contributed by atoms with van der Waals surface area (Å²) in [5.74, 6) is 6.32. The van der Waals surface area contributed by atoms with Gasteiger partial charge in [-0.3, -0.25) is 14.4 Å². The van der Waals surface area contributed by atoms with Gasteiger partial charge in [0.15, 0.2) is 5.78 Å². The molecular weight excluding hydrogens is 737 g/mol. The van der Waals surface area contributed by atoms with Crippen LogP contribution in [0.4, 0.5) is 5.69 Å². The van der Waals surface area contributed by atoms with Crippen molar-refractivity contribution in [1.82, 2.24) is 10.4 Å². The van der Waals surface area contributed by atoms with Crippen molar-refractivity contribution < 1.29 is 33.8 Å². The number of rotatable bonds is 16. The standard InChI is InChI=1S/C45H60N6O7/c1-26-30(19-33-23-36(26)45(33,3)4)22-38(53)41-40(27(2)52)39(24-47-49-46)58-51(41)25-29-15-12-16-35(42(29)56-7)31-18-32(21-34(20-31)50(5)6)43(54)48-37(44(55)57-8)17-28-13-10-9-11-14-28/h9-16,18,20-21,26-27,30,33,36-37,39-41,52H,17,19,22-25H2,1-8H3,(H2,46,47)(H,48,54)/t26-,27+,30-,33+,36+,37+,39+,40-,41-/m1/s1. The molecule has 2 bridgehead atoms. The maximum atomic E-state index is 14.5. The Balaban J connectivity index is 1.31. The SMILES string of the molecule is COC(=O)[C@H](Cc1ccccc1)NC(=O)c1cc(-c2cccc(CN3O[C@@H](CN=NN)[C@@H]([C@H](C)O)[C@H]3C(=O)C[C@H]3C[C@H]4C[C@@H]([C@@H]3C)C4(C)C)c2OC)cc(N(C)C)c1. The zero-order chi connectivity index (χ0) is 41.9. The summed E-state index contributed by atoms with van der Waals surface area (Å²) >= 11 is 0. The number of esters is 1. The van der Waals surface area contributed by atoms with Gasteiger partial charge in [0.2, 0.25) is 0 Å². The molecule has 0 aromatic heterocycles. The van der Waals surface area contributed by atoms with Crippen molar-refractivity contribution in [2.24, 2.45) is 51.2 Å². The molecular formula is C45H60N6O7. The number of aliphatic hydroxyl groups is 1. The number of fused-ring (bicyclic) bond motifs is 2. The number of hydrogen-bond acceptors (Lipinski definition) is 11. The highest BCUT2D eigenvalue weighted by atomic mass is 16.7. The molecule has 0 spiro atoms. The fourth-order valence-electron chi connectivity index (χ4n) is 9.91. The van der Waals surface area contributed by atoms with Crippen molar-refractivity contribution in [3.63, 3.8) is 0 Å². The van der Waals surface area contributed by atoms with E-state index in [0.717, 1.165) is 23.2 Å². The van der Waals surface area contributed by atoms with Crippen LogP contribution in [-0.4, -0.2) is 87.0 Å². The number of hydroxylamine groups is 2. The minimum absolute atomic E-state index is 0.0380. The lowest BCUT2D eigenvalue weighted by atomic mass is 9.43. The number of carbonyl (C=O) groups excluding carboxylic acids is 3. The second kappa shape index (κ2) is 18.0. The lowest BCUT2D eigenvalue weighted by Gasteiger charge is -2.62. The summed E-state index contributed by atoms with van der Waals surface area (Å²) in [5.41, 5.74) is 4.45. The Morgan fingerprint density at radius 2 is 1.81 bits per heavy atom. The summed E-state index contributed by atoms with van der Waals surface area (Å²) in [6.07, 6.45) is 1.42. The van der Waals surface area contributed by atoms with Crippen molar-refractivity contribution in [2.45, 2.75) is 84.2 Å². The minimum atomic E-state index is -0.903. The van der Waals surface area contributed by atoms with Gasteiger partial charge in [-0.2, -0.15) is 10.2 Å². The summed E-state index contributed by atoms with van der Waals surface area (Å²) in [6.45, 7) is 8.95. The number of amides is 1. The van der Waals surface area contributed by atoms with Gasteiger partial charge in [0.25, 0.3) is 5.91 Å². The third-order valence-corrected chi connectivity index (χ3v) is 13.3. The molecule has 1 aliphatic heterocycles. The molecule has 1 saturated heterocycles. The number of aliphatic hydroxyl groups excluding tert-OH is 1. The van der Waals surface area contributed by atoms with E-state index in [4.69, 9.17) is 20.2 Å². The zero-order valence-corrected chi connectivity index (χ0v) is 35.1. The molecule has 3 aromatic carbocycles. The molecule has 4 fully saturated rings. The first-order chi connectivity index (χ1) is 27.7. The second-order valence-electron chi connectivity index (χ2n) is 17.2. The van der Waals surface area contributed by atoms with Gasteiger partial charge in [-0.05, 0) is 78.2 Å². The number of ketones is 1. The summed E-state index contributed by atoms with van der Waals surface area (Å²) in [4.78, 5) is 49.7. The molecule has 0 radical (unpaired) electrons. The molecule has 3 aromatic rings. The number of Topliss-reactive ketones (excluding diaryl/α,β-unsaturated/α-hetero) is 1. The van der Waals surface area contributed by atoms with Crippen LogP contribution < -0.4 is 20.8 Å². The predicted octanol–water partition coefficient (Wildman–Crippen LogP) is 6.03. The third kappa shape index (κ3) is 8.76. The zero-order valence-electron chi connectivity index (χ0n) is 35.1. The predicted molar refractivity (Wildman–Crippen MR) is 222 cm³/mol. The van der Waals surface area contributed by atoms with E-state index in [-0.39, 0.29) is 31.2 Å². The molecule has 3 aliphatic carbocycles. The van der Waals surface area contributed by atoms with Gasteiger partial charge in [-0.15, -0.1) is 0 Å². The summed E-state index contributed by atoms with van der Waals surface area (Å²) in [5, 5.41) is 23.2. The van der Waals surface area contributed by atoms with E-state index in [2.05, 4.69) is 36.4 Å². The quantitative estimate of drug-likeness (QED) is 0.0674. The number of nitrogens with one attached hydrogen (secondary N) is 1. The maximum Gasteiger partial charge on any atom is 0.328 e. The van der Waals surface area contributed by atoms with Gasteiger partial charge in [-0.25, -0.2) is 4.79 Å². The molecule has 9 atom stereocenters. The molecule has 1 heterocycles. The van der Waals surface area contributed by atoms with E-state index in [1.165, 1.54) is 13.5 Å². The lowest BCUT2D eigenvalue weighted by Crippen LogP contribution is -2.55. The molecule has 13 heteroatoms. The van der Waals surface area contributed by atoms with Crippen molar-refractivity contribution >= 4 is 23.3 Å².